The third-order valence-electron chi connectivity index (χ3n) is 5.87. The Balaban J connectivity index is 0.00000324. The van der Waals surface area contributed by atoms with Crippen molar-refractivity contribution in [2.45, 2.75) is 43.9 Å². The molecule has 1 amide bonds. The van der Waals surface area contributed by atoms with Crippen molar-refractivity contribution < 1.29 is 26.4 Å². The van der Waals surface area contributed by atoms with Crippen LogP contribution in [0.25, 0.3) is 0 Å². The summed E-state index contributed by atoms with van der Waals surface area (Å²) in [6, 6.07) is 11.3. The zero-order valence-corrected chi connectivity index (χ0v) is 22.5. The molecular formula is C23H29F3N4O3S3. The van der Waals surface area contributed by atoms with Crippen LogP contribution in [0.5, 0.6) is 0 Å². The van der Waals surface area contributed by atoms with E-state index in [1.807, 2.05) is 0 Å². The van der Waals surface area contributed by atoms with E-state index < -0.39 is 27.3 Å². The number of rotatable bonds is 6. The van der Waals surface area contributed by atoms with Gasteiger partial charge in [-0.05, 0) is 68.1 Å². The summed E-state index contributed by atoms with van der Waals surface area (Å²) in [6.07, 6.45) is -0.894. The summed E-state index contributed by atoms with van der Waals surface area (Å²) in [5, 5.41) is 15.0. The second-order valence-electron chi connectivity index (χ2n) is 8.31. The molecule has 2 N–H and O–H groups in total. The molecule has 198 valence electrons. The van der Waals surface area contributed by atoms with Crippen LogP contribution in [0.15, 0.2) is 42.5 Å². The van der Waals surface area contributed by atoms with E-state index in [0.29, 0.717) is 42.6 Å². The van der Waals surface area contributed by atoms with Crippen LogP contribution in [0.1, 0.15) is 47.2 Å². The zero-order valence-electron chi connectivity index (χ0n) is 19.7. The molecule has 7 nitrogen and oxygen atoms in total. The maximum absolute atomic E-state index is 13.2. The lowest BCUT2D eigenvalue weighted by atomic mass is 9.90. The molecule has 1 aliphatic rings. The third-order valence-corrected chi connectivity index (χ3v) is 7.07. The Bertz CT molecular complexity index is 1190. The van der Waals surface area contributed by atoms with Gasteiger partial charge in [-0.15, -0.1) is 0 Å². The Hall–Kier alpha value is -2.56. The lowest BCUT2D eigenvalue weighted by Gasteiger charge is -2.30. The summed E-state index contributed by atoms with van der Waals surface area (Å²) in [5.74, 6) is -0.271. The fraction of sp³-hybridized carbons (Fsp3) is 0.391. The quantitative estimate of drug-likeness (QED) is 0.545. The molecule has 13 heteroatoms. The van der Waals surface area contributed by atoms with Crippen LogP contribution in [0.2, 0.25) is 0 Å². The molecule has 0 radical (unpaired) electrons. The third kappa shape index (κ3) is 7.97. The van der Waals surface area contributed by atoms with E-state index in [-0.39, 0.29) is 45.0 Å². The predicted molar refractivity (Wildman–Crippen MR) is 144 cm³/mol. The number of amides is 1. The first-order valence-corrected chi connectivity index (χ1v) is 12.5. The maximum atomic E-state index is 13.2. The van der Waals surface area contributed by atoms with Crippen LogP contribution >= 0.6 is 27.0 Å². The number of hydrogen-bond acceptors (Lipinski definition) is 5. The van der Waals surface area contributed by atoms with Crippen molar-refractivity contribution in [3.8, 4) is 6.07 Å². The topological polar surface area (TPSA) is 102 Å². The second-order valence-corrected chi connectivity index (χ2v) is 10.3. The summed E-state index contributed by atoms with van der Waals surface area (Å²) in [5.41, 5.74) is -0.224. The van der Waals surface area contributed by atoms with Crippen LogP contribution < -0.4 is 14.9 Å². The van der Waals surface area contributed by atoms with Crippen LogP contribution in [-0.2, 0) is 16.2 Å². The van der Waals surface area contributed by atoms with Crippen molar-refractivity contribution in [1.82, 2.24) is 5.32 Å². The molecule has 0 unspecified atom stereocenters. The average Bonchev–Trinajstić information content (AvgIpc) is 2.78. The summed E-state index contributed by atoms with van der Waals surface area (Å²) in [7, 11) is -1.97. The number of sulfonamides is 1. The number of anilines is 2. The van der Waals surface area contributed by atoms with E-state index in [9.17, 15) is 26.4 Å². The number of nitrogens with one attached hydrogen (secondary N) is 2. The first kappa shape index (κ1) is 31.5. The van der Waals surface area contributed by atoms with Crippen LogP contribution in [0, 0.1) is 11.3 Å². The molecule has 0 atom stereocenters. The molecule has 0 aliphatic heterocycles. The van der Waals surface area contributed by atoms with E-state index in [2.05, 4.69) is 10.6 Å². The Labute approximate surface area is 223 Å². The molecular weight excluding hydrogens is 533 g/mol. The van der Waals surface area contributed by atoms with Gasteiger partial charge in [-0.25, -0.2) is 8.42 Å². The smallest absolute Gasteiger partial charge is 0.382 e. The van der Waals surface area contributed by atoms with Gasteiger partial charge in [0.05, 0.1) is 29.1 Å². The van der Waals surface area contributed by atoms with E-state index in [1.165, 1.54) is 13.1 Å². The zero-order chi connectivity index (χ0) is 25.1. The number of carbonyl (C=O) groups excluding carboxylic acids is 1. The van der Waals surface area contributed by atoms with Crippen LogP contribution in [0.4, 0.5) is 24.5 Å². The highest BCUT2D eigenvalue weighted by Gasteiger charge is 2.34. The highest BCUT2D eigenvalue weighted by Crippen LogP contribution is 2.34. The molecule has 2 aromatic carbocycles. The molecule has 3 rings (SSSR count). The van der Waals surface area contributed by atoms with Gasteiger partial charge in [0.1, 0.15) is 0 Å². The summed E-state index contributed by atoms with van der Waals surface area (Å²) >= 11 is 0. The van der Waals surface area contributed by atoms with Crippen molar-refractivity contribution in [3.63, 3.8) is 0 Å². The Morgan fingerprint density at radius 1 is 1.03 bits per heavy atom. The molecule has 0 saturated heterocycles. The lowest BCUT2D eigenvalue weighted by Crippen LogP contribution is -2.40. The molecule has 2 aromatic rings. The van der Waals surface area contributed by atoms with Gasteiger partial charge in [-0.1, -0.05) is 0 Å². The van der Waals surface area contributed by atoms with E-state index >= 15 is 0 Å². The number of hydrogen-bond donors (Lipinski definition) is 2. The van der Waals surface area contributed by atoms with E-state index in [4.69, 9.17) is 5.26 Å². The highest BCUT2D eigenvalue weighted by molar-refractivity contribution is 7.92. The van der Waals surface area contributed by atoms with Gasteiger partial charge >= 0.3 is 6.18 Å². The molecule has 0 spiro atoms. The van der Waals surface area contributed by atoms with Gasteiger partial charge in [0.25, 0.3) is 5.91 Å². The lowest BCUT2D eigenvalue weighted by molar-refractivity contribution is -0.137. The second kappa shape index (κ2) is 12.6. The minimum Gasteiger partial charge on any atom is -0.382 e. The number of nitrogens with zero attached hydrogens (tertiary/aromatic N) is 2. The number of halogens is 3. The van der Waals surface area contributed by atoms with Crippen LogP contribution in [-0.4, -0.2) is 39.7 Å². The average molecular weight is 563 g/mol. The van der Waals surface area contributed by atoms with Gasteiger partial charge in [0.2, 0.25) is 10.0 Å². The van der Waals surface area contributed by atoms with Crippen molar-refractivity contribution >= 4 is 54.3 Å². The fourth-order valence-corrected chi connectivity index (χ4v) is 4.37. The highest BCUT2D eigenvalue weighted by atomic mass is 32.2. The van der Waals surface area contributed by atoms with Gasteiger partial charge in [0, 0.05) is 30.4 Å². The Kier molecular flexibility index (Phi) is 11.0. The first-order chi connectivity index (χ1) is 15.9. The Morgan fingerprint density at radius 3 is 2.08 bits per heavy atom. The van der Waals surface area contributed by atoms with E-state index in [0.717, 1.165) is 22.7 Å². The van der Waals surface area contributed by atoms with Crippen molar-refractivity contribution in [2.75, 3.05) is 22.9 Å². The minimum atomic E-state index is -4.61. The predicted octanol–water partition coefficient (Wildman–Crippen LogP) is 4.35. The van der Waals surface area contributed by atoms with Gasteiger partial charge in [-0.3, -0.25) is 9.10 Å². The molecule has 1 aliphatic carbocycles. The summed E-state index contributed by atoms with van der Waals surface area (Å²) in [4.78, 5) is 12.6. The van der Waals surface area contributed by atoms with Gasteiger partial charge in [0.15, 0.2) is 0 Å². The summed E-state index contributed by atoms with van der Waals surface area (Å²) in [6.45, 7) is 0. The van der Waals surface area contributed by atoms with Gasteiger partial charge in [-0.2, -0.15) is 45.4 Å². The van der Waals surface area contributed by atoms with Crippen LogP contribution in [0.3, 0.4) is 0 Å². The molecule has 0 heterocycles. The first-order valence-electron chi connectivity index (χ1n) is 10.6. The van der Waals surface area contributed by atoms with Crippen molar-refractivity contribution in [2.24, 2.45) is 0 Å². The van der Waals surface area contributed by atoms with Gasteiger partial charge < -0.3 is 10.6 Å². The molecule has 1 fully saturated rings. The largest absolute Gasteiger partial charge is 0.417 e. The SMILES string of the molecule is CN(c1ccc(C(=O)NC2CCC(Nc3ccc(C#N)c(C(F)(F)F)c3)CC2)cc1)S(C)(=O)=O.S.S. The number of alkyl halides is 3. The monoisotopic (exact) mass is 562 g/mol. The van der Waals surface area contributed by atoms with Crippen molar-refractivity contribution in [3.05, 3.63) is 59.2 Å². The Morgan fingerprint density at radius 2 is 1.58 bits per heavy atom. The number of carbonyl (C=O) groups is 1. The standard InChI is InChI=1S/C23H25F3N4O3S.2H2S/c1-30(34(2,32)33)20-11-4-15(5-12-20)22(31)29-18-9-7-17(8-10-18)28-19-6-3-16(14-27)21(13-19)23(24,25)26;;/h3-6,11-13,17-18,28H,7-10H2,1-2H3,(H,29,31);2*1H2. The molecule has 36 heavy (non-hydrogen) atoms. The van der Waals surface area contributed by atoms with Crippen molar-refractivity contribution in [1.29, 1.82) is 5.26 Å². The normalized spacial score (nSPS) is 17.6. The fourth-order valence-electron chi connectivity index (χ4n) is 3.87. The number of benzene rings is 2. The molecule has 1 saturated carbocycles. The maximum Gasteiger partial charge on any atom is 0.417 e. The van der Waals surface area contributed by atoms with E-state index in [1.54, 1.807) is 30.3 Å². The summed E-state index contributed by atoms with van der Waals surface area (Å²) < 4.78 is 63.9. The molecule has 0 bridgehead atoms. The molecule has 0 aromatic heterocycles. The minimum absolute atomic E-state index is 0. The number of nitriles is 1.